The van der Waals surface area contributed by atoms with Crippen molar-refractivity contribution < 1.29 is 0 Å². The predicted octanol–water partition coefficient (Wildman–Crippen LogP) is 8.55. The third kappa shape index (κ3) is 9.22. The Balaban J connectivity index is 2.92. The molecule has 2 nitrogen and oxygen atoms in total. The second-order valence-corrected chi connectivity index (χ2v) is 11.2. The van der Waals surface area contributed by atoms with Gasteiger partial charge in [0.1, 0.15) is 0 Å². The Morgan fingerprint density at radius 2 is 1.48 bits per heavy atom. The molecule has 1 rings (SSSR count). The van der Waals surface area contributed by atoms with E-state index < -0.39 is 0 Å². The van der Waals surface area contributed by atoms with Gasteiger partial charge < -0.3 is 10.2 Å². The van der Waals surface area contributed by atoms with Crippen molar-refractivity contribution in [2.45, 2.75) is 125 Å². The van der Waals surface area contributed by atoms with E-state index in [-0.39, 0.29) is 0 Å². The topological polar surface area (TPSA) is 15.3 Å². The molecule has 3 unspecified atom stereocenters. The molecule has 31 heavy (non-hydrogen) atoms. The smallest absolute Gasteiger partial charge is 0.0678 e. The molecular formula is C29H56N2. The third-order valence-corrected chi connectivity index (χ3v) is 8.40. The number of likely N-dealkylation sites (N-methyl/N-ethyl adjacent to an activating group) is 1. The first-order valence-corrected chi connectivity index (χ1v) is 13.5. The number of nitrogens with one attached hydrogen (secondary N) is 1. The quantitative estimate of drug-likeness (QED) is 0.313. The van der Waals surface area contributed by atoms with E-state index in [1.54, 1.807) is 0 Å². The molecule has 182 valence electrons. The molecule has 2 heteroatoms. The SMILES string of the molecule is C=C(NCC(C)CCC)C(C[C@H](C)CC)N(C)C(=C)C(C)C1(C)CCCCCCCC1. The zero-order valence-electron chi connectivity index (χ0n) is 22.4. The maximum Gasteiger partial charge on any atom is 0.0678 e. The van der Waals surface area contributed by atoms with Crippen LogP contribution in [0.4, 0.5) is 0 Å². The Hall–Kier alpha value is -0.920. The lowest BCUT2D eigenvalue weighted by Crippen LogP contribution is -2.42. The van der Waals surface area contributed by atoms with Crippen LogP contribution in [-0.4, -0.2) is 24.5 Å². The second-order valence-electron chi connectivity index (χ2n) is 11.2. The Kier molecular flexibility index (Phi) is 12.9. The number of hydrogen-bond donors (Lipinski definition) is 1. The Labute approximate surface area is 196 Å². The van der Waals surface area contributed by atoms with Gasteiger partial charge in [-0.15, -0.1) is 0 Å². The van der Waals surface area contributed by atoms with Crippen LogP contribution in [-0.2, 0) is 0 Å². The number of nitrogens with zero attached hydrogens (tertiary/aromatic N) is 1. The first-order chi connectivity index (χ1) is 14.7. The lowest BCUT2D eigenvalue weighted by atomic mass is 9.69. The molecule has 0 amide bonds. The zero-order valence-corrected chi connectivity index (χ0v) is 22.4. The molecule has 0 aromatic rings. The minimum Gasteiger partial charge on any atom is -0.387 e. The molecule has 1 saturated carbocycles. The van der Waals surface area contributed by atoms with Gasteiger partial charge in [-0.3, -0.25) is 0 Å². The van der Waals surface area contributed by atoms with Crippen LogP contribution >= 0.6 is 0 Å². The summed E-state index contributed by atoms with van der Waals surface area (Å²) >= 11 is 0. The van der Waals surface area contributed by atoms with Gasteiger partial charge in [0.2, 0.25) is 0 Å². The van der Waals surface area contributed by atoms with Crippen molar-refractivity contribution in [3.05, 3.63) is 24.6 Å². The van der Waals surface area contributed by atoms with E-state index in [0.29, 0.717) is 29.2 Å². The molecule has 0 aromatic carbocycles. The molecule has 0 aromatic heterocycles. The fourth-order valence-corrected chi connectivity index (χ4v) is 5.33. The maximum atomic E-state index is 4.67. The summed E-state index contributed by atoms with van der Waals surface area (Å²) in [4.78, 5) is 2.48. The molecule has 1 N–H and O–H groups in total. The van der Waals surface area contributed by atoms with E-state index in [4.69, 9.17) is 0 Å². The van der Waals surface area contributed by atoms with Crippen LogP contribution in [0.15, 0.2) is 24.6 Å². The minimum absolute atomic E-state index is 0.318. The summed E-state index contributed by atoms with van der Waals surface area (Å²) in [6.45, 7) is 24.5. The standard InChI is InChI=1S/C29H56N2/c1-10-18-24(4)22-30-26(6)28(21-23(3)11-2)31(9)27(7)25(5)29(8)19-16-14-12-13-15-17-20-29/h23-25,28,30H,6-7,10-22H2,1-5,8-9H3/t23-,24?,25?,28?/m1/s1. The van der Waals surface area contributed by atoms with Crippen LogP contribution in [0.1, 0.15) is 119 Å². The molecule has 1 aliphatic carbocycles. The molecule has 0 saturated heterocycles. The first-order valence-electron chi connectivity index (χ1n) is 13.5. The highest BCUT2D eigenvalue weighted by Gasteiger charge is 2.35. The van der Waals surface area contributed by atoms with Crippen molar-refractivity contribution in [2.75, 3.05) is 13.6 Å². The number of allylic oxidation sites excluding steroid dienone is 1. The van der Waals surface area contributed by atoms with Crippen molar-refractivity contribution in [3.8, 4) is 0 Å². The van der Waals surface area contributed by atoms with Gasteiger partial charge in [-0.2, -0.15) is 0 Å². The summed E-state index contributed by atoms with van der Waals surface area (Å²) in [7, 11) is 2.27. The van der Waals surface area contributed by atoms with E-state index in [9.17, 15) is 0 Å². The van der Waals surface area contributed by atoms with E-state index in [1.165, 1.54) is 82.0 Å². The van der Waals surface area contributed by atoms with Gasteiger partial charge in [-0.05, 0) is 42.9 Å². The zero-order chi connectivity index (χ0) is 23.4. The van der Waals surface area contributed by atoms with Crippen molar-refractivity contribution in [1.29, 1.82) is 0 Å². The molecule has 1 fully saturated rings. The van der Waals surface area contributed by atoms with E-state index >= 15 is 0 Å². The number of hydrogen-bond acceptors (Lipinski definition) is 2. The molecule has 0 heterocycles. The van der Waals surface area contributed by atoms with Crippen molar-refractivity contribution in [2.24, 2.45) is 23.2 Å². The normalized spacial score (nSPS) is 21.0. The van der Waals surface area contributed by atoms with E-state index in [0.717, 1.165) is 13.0 Å². The van der Waals surface area contributed by atoms with Crippen LogP contribution < -0.4 is 5.32 Å². The monoisotopic (exact) mass is 432 g/mol. The largest absolute Gasteiger partial charge is 0.387 e. The predicted molar refractivity (Wildman–Crippen MR) is 140 cm³/mol. The molecule has 0 radical (unpaired) electrons. The van der Waals surface area contributed by atoms with Crippen LogP contribution in [0.5, 0.6) is 0 Å². The molecule has 4 atom stereocenters. The van der Waals surface area contributed by atoms with Crippen molar-refractivity contribution in [1.82, 2.24) is 10.2 Å². The van der Waals surface area contributed by atoms with E-state index in [1.807, 2.05) is 0 Å². The van der Waals surface area contributed by atoms with Gasteiger partial charge in [0.15, 0.2) is 0 Å². The average Bonchev–Trinajstić information content (AvgIpc) is 2.86. The van der Waals surface area contributed by atoms with Crippen LogP contribution in [0.3, 0.4) is 0 Å². The third-order valence-electron chi connectivity index (χ3n) is 8.40. The second kappa shape index (κ2) is 14.3. The lowest BCUT2D eigenvalue weighted by Gasteiger charge is -2.43. The van der Waals surface area contributed by atoms with Crippen molar-refractivity contribution in [3.63, 3.8) is 0 Å². The van der Waals surface area contributed by atoms with Crippen LogP contribution in [0, 0.1) is 23.2 Å². The molecule has 1 aliphatic rings. The Morgan fingerprint density at radius 3 is 2.00 bits per heavy atom. The highest BCUT2D eigenvalue weighted by atomic mass is 15.2. The van der Waals surface area contributed by atoms with Crippen molar-refractivity contribution >= 4 is 0 Å². The highest BCUT2D eigenvalue weighted by Crippen LogP contribution is 2.43. The number of rotatable bonds is 13. The summed E-state index contributed by atoms with van der Waals surface area (Å²) in [5.74, 6) is 1.88. The van der Waals surface area contributed by atoms with Gasteiger partial charge in [-0.1, -0.05) is 106 Å². The van der Waals surface area contributed by atoms with Gasteiger partial charge in [0.05, 0.1) is 6.04 Å². The Morgan fingerprint density at radius 1 is 0.935 bits per heavy atom. The average molecular weight is 433 g/mol. The summed E-state index contributed by atoms with van der Waals surface area (Å²) < 4.78 is 0. The summed E-state index contributed by atoms with van der Waals surface area (Å²) in [5.41, 5.74) is 2.85. The van der Waals surface area contributed by atoms with Gasteiger partial charge in [0, 0.05) is 30.9 Å². The molecule has 0 aliphatic heterocycles. The summed E-state index contributed by atoms with van der Waals surface area (Å²) in [6.07, 6.45) is 15.9. The van der Waals surface area contributed by atoms with Gasteiger partial charge in [-0.25, -0.2) is 0 Å². The fraction of sp³-hybridized carbons (Fsp3) is 0.862. The lowest BCUT2D eigenvalue weighted by molar-refractivity contribution is 0.144. The fourth-order valence-electron chi connectivity index (χ4n) is 5.33. The van der Waals surface area contributed by atoms with Gasteiger partial charge >= 0.3 is 0 Å². The maximum absolute atomic E-state index is 4.67. The van der Waals surface area contributed by atoms with Crippen LogP contribution in [0.25, 0.3) is 0 Å². The summed E-state index contributed by atoms with van der Waals surface area (Å²) in [6, 6.07) is 0.318. The first kappa shape index (κ1) is 28.1. The van der Waals surface area contributed by atoms with Gasteiger partial charge in [0.25, 0.3) is 0 Å². The Bertz CT molecular complexity index is 513. The minimum atomic E-state index is 0.318. The molecular weight excluding hydrogens is 376 g/mol. The molecule has 0 bridgehead atoms. The molecule has 0 spiro atoms. The van der Waals surface area contributed by atoms with E-state index in [2.05, 4.69) is 72.0 Å². The van der Waals surface area contributed by atoms with Crippen LogP contribution in [0.2, 0.25) is 0 Å². The summed E-state index contributed by atoms with van der Waals surface area (Å²) in [5, 5.41) is 3.71. The highest BCUT2D eigenvalue weighted by molar-refractivity contribution is 5.13.